The van der Waals surface area contributed by atoms with E-state index in [1.165, 1.54) is 24.3 Å². The van der Waals surface area contributed by atoms with Crippen LogP contribution in [0.3, 0.4) is 0 Å². The molecule has 2 aromatic carbocycles. The van der Waals surface area contributed by atoms with E-state index < -0.39 is 21.7 Å². The third-order valence-corrected chi connectivity index (χ3v) is 4.30. The minimum atomic E-state index is -3.94. The Morgan fingerprint density at radius 3 is 2.42 bits per heavy atom. The van der Waals surface area contributed by atoms with Crippen LogP contribution in [0.2, 0.25) is 0 Å². The van der Waals surface area contributed by atoms with Crippen molar-refractivity contribution in [2.75, 3.05) is 4.72 Å². The second kappa shape index (κ2) is 5.26. The van der Waals surface area contributed by atoms with E-state index in [9.17, 15) is 17.2 Å². The normalized spacial score (nSPS) is 11.3. The molecule has 19 heavy (non-hydrogen) atoms. The van der Waals surface area contributed by atoms with Gasteiger partial charge < -0.3 is 0 Å². The second-order valence-corrected chi connectivity index (χ2v) is 6.23. The summed E-state index contributed by atoms with van der Waals surface area (Å²) in [7, 11) is -3.94. The van der Waals surface area contributed by atoms with Crippen molar-refractivity contribution in [2.24, 2.45) is 0 Å². The maximum absolute atomic E-state index is 13.3. The van der Waals surface area contributed by atoms with Crippen LogP contribution in [-0.2, 0) is 10.0 Å². The van der Waals surface area contributed by atoms with Gasteiger partial charge in [0.15, 0.2) is 0 Å². The van der Waals surface area contributed by atoms with Gasteiger partial charge in [0.2, 0.25) is 0 Å². The summed E-state index contributed by atoms with van der Waals surface area (Å²) in [5.74, 6) is -1.26. The quantitative estimate of drug-likeness (QED) is 0.923. The van der Waals surface area contributed by atoms with Crippen LogP contribution < -0.4 is 4.72 Å². The van der Waals surface area contributed by atoms with Gasteiger partial charge in [-0.15, -0.1) is 0 Å². The van der Waals surface area contributed by atoms with Crippen LogP contribution in [0, 0.1) is 11.6 Å². The van der Waals surface area contributed by atoms with E-state index in [0.717, 1.165) is 18.2 Å². The zero-order valence-corrected chi connectivity index (χ0v) is 11.8. The fourth-order valence-corrected chi connectivity index (χ4v) is 2.74. The van der Waals surface area contributed by atoms with Crippen LogP contribution >= 0.6 is 15.9 Å². The Bertz CT molecular complexity index is 719. The Morgan fingerprint density at radius 2 is 1.79 bits per heavy atom. The number of nitrogens with one attached hydrogen (secondary N) is 1. The summed E-state index contributed by atoms with van der Waals surface area (Å²) in [6, 6.07) is 8.35. The summed E-state index contributed by atoms with van der Waals surface area (Å²) >= 11 is 2.96. The number of sulfonamides is 1. The monoisotopic (exact) mass is 347 g/mol. The SMILES string of the molecule is O=S(=O)(Nc1ccc(Br)c(F)c1)c1cccc(F)c1. The molecule has 0 aliphatic rings. The lowest BCUT2D eigenvalue weighted by Crippen LogP contribution is -2.13. The summed E-state index contributed by atoms with van der Waals surface area (Å²) in [5, 5.41) is 0. The van der Waals surface area contributed by atoms with Gasteiger partial charge in [-0.2, -0.15) is 0 Å². The maximum atomic E-state index is 13.3. The molecule has 7 heteroatoms. The van der Waals surface area contributed by atoms with Gasteiger partial charge in [-0.05, 0) is 52.3 Å². The van der Waals surface area contributed by atoms with Gasteiger partial charge in [-0.25, -0.2) is 17.2 Å². The molecule has 0 radical (unpaired) electrons. The largest absolute Gasteiger partial charge is 0.280 e. The molecular formula is C12H8BrF2NO2S. The summed E-state index contributed by atoms with van der Waals surface area (Å²) < 4.78 is 52.5. The zero-order chi connectivity index (χ0) is 14.0. The Kier molecular flexibility index (Phi) is 3.86. The average molecular weight is 348 g/mol. The van der Waals surface area contributed by atoms with E-state index in [-0.39, 0.29) is 15.1 Å². The summed E-state index contributed by atoms with van der Waals surface area (Å²) in [6.07, 6.45) is 0. The van der Waals surface area contributed by atoms with Crippen molar-refractivity contribution in [3.63, 3.8) is 0 Å². The van der Waals surface area contributed by atoms with Gasteiger partial charge in [0.25, 0.3) is 10.0 Å². The molecule has 3 nitrogen and oxygen atoms in total. The van der Waals surface area contributed by atoms with Crippen molar-refractivity contribution in [1.82, 2.24) is 0 Å². The van der Waals surface area contributed by atoms with E-state index in [1.807, 2.05) is 0 Å². The molecule has 0 fully saturated rings. The first kappa shape index (κ1) is 14.0. The molecule has 0 unspecified atom stereocenters. The Hall–Kier alpha value is -1.47. The lowest BCUT2D eigenvalue weighted by atomic mass is 10.3. The van der Waals surface area contributed by atoms with Gasteiger partial charge in [0.1, 0.15) is 11.6 Å². The number of anilines is 1. The average Bonchev–Trinajstić information content (AvgIpc) is 2.33. The highest BCUT2D eigenvalue weighted by Crippen LogP contribution is 2.22. The number of hydrogen-bond acceptors (Lipinski definition) is 2. The fourth-order valence-electron chi connectivity index (χ4n) is 1.41. The molecule has 1 N–H and O–H groups in total. The van der Waals surface area contributed by atoms with Crippen molar-refractivity contribution in [3.05, 3.63) is 58.6 Å². The van der Waals surface area contributed by atoms with Crippen LogP contribution in [0.25, 0.3) is 0 Å². The van der Waals surface area contributed by atoms with Crippen molar-refractivity contribution < 1.29 is 17.2 Å². The molecule has 0 spiro atoms. The van der Waals surface area contributed by atoms with Crippen LogP contribution in [0.4, 0.5) is 14.5 Å². The first-order chi connectivity index (χ1) is 8.88. The van der Waals surface area contributed by atoms with E-state index in [0.29, 0.717) is 0 Å². The highest BCUT2D eigenvalue weighted by atomic mass is 79.9. The lowest BCUT2D eigenvalue weighted by molar-refractivity contribution is 0.595. The third kappa shape index (κ3) is 3.30. The molecule has 100 valence electrons. The first-order valence-corrected chi connectivity index (χ1v) is 7.39. The van der Waals surface area contributed by atoms with Crippen LogP contribution in [0.15, 0.2) is 51.8 Å². The van der Waals surface area contributed by atoms with E-state index >= 15 is 0 Å². The molecule has 0 amide bonds. The van der Waals surface area contributed by atoms with Crippen LogP contribution in [0.1, 0.15) is 0 Å². The number of halogens is 3. The third-order valence-electron chi connectivity index (χ3n) is 2.28. The second-order valence-electron chi connectivity index (χ2n) is 3.69. The summed E-state index contributed by atoms with van der Waals surface area (Å²) in [5.41, 5.74) is 0.0601. The molecule has 2 aromatic rings. The van der Waals surface area contributed by atoms with Crippen molar-refractivity contribution in [2.45, 2.75) is 4.90 Å². The minimum absolute atomic E-state index is 0.0601. The number of benzene rings is 2. The van der Waals surface area contributed by atoms with Gasteiger partial charge >= 0.3 is 0 Å². The van der Waals surface area contributed by atoms with E-state index in [2.05, 4.69) is 20.7 Å². The number of hydrogen-bond donors (Lipinski definition) is 1. The highest BCUT2D eigenvalue weighted by molar-refractivity contribution is 9.10. The molecular weight excluding hydrogens is 340 g/mol. The van der Waals surface area contributed by atoms with E-state index in [4.69, 9.17) is 0 Å². The molecule has 0 atom stereocenters. The molecule has 0 aliphatic heterocycles. The van der Waals surface area contributed by atoms with Crippen molar-refractivity contribution >= 4 is 31.6 Å². The molecule has 0 heterocycles. The Morgan fingerprint density at radius 1 is 1.05 bits per heavy atom. The molecule has 0 bridgehead atoms. The van der Waals surface area contributed by atoms with Gasteiger partial charge in [-0.1, -0.05) is 6.07 Å². The van der Waals surface area contributed by atoms with Crippen molar-refractivity contribution in [3.8, 4) is 0 Å². The predicted molar refractivity (Wildman–Crippen MR) is 71.3 cm³/mol. The molecule has 2 rings (SSSR count). The Labute approximate surface area is 117 Å². The summed E-state index contributed by atoms with van der Waals surface area (Å²) in [6.45, 7) is 0. The molecule has 0 saturated heterocycles. The topological polar surface area (TPSA) is 46.2 Å². The van der Waals surface area contributed by atoms with Crippen molar-refractivity contribution in [1.29, 1.82) is 0 Å². The maximum Gasteiger partial charge on any atom is 0.261 e. The fraction of sp³-hybridized carbons (Fsp3) is 0. The van der Waals surface area contributed by atoms with Crippen LogP contribution in [-0.4, -0.2) is 8.42 Å². The zero-order valence-electron chi connectivity index (χ0n) is 9.40. The smallest absolute Gasteiger partial charge is 0.261 e. The highest BCUT2D eigenvalue weighted by Gasteiger charge is 2.15. The molecule has 0 aliphatic carbocycles. The minimum Gasteiger partial charge on any atom is -0.280 e. The standard InChI is InChI=1S/C12H8BrF2NO2S/c13-11-5-4-9(7-12(11)15)16-19(17,18)10-3-1-2-8(14)6-10/h1-7,16H. The van der Waals surface area contributed by atoms with E-state index in [1.54, 1.807) is 0 Å². The summed E-state index contributed by atoms with van der Waals surface area (Å²) in [4.78, 5) is -0.226. The predicted octanol–water partition coefficient (Wildman–Crippen LogP) is 3.53. The van der Waals surface area contributed by atoms with Gasteiger partial charge in [0.05, 0.1) is 15.1 Å². The lowest BCUT2D eigenvalue weighted by Gasteiger charge is -2.08. The molecule has 0 aromatic heterocycles. The Balaban J connectivity index is 2.33. The number of rotatable bonds is 3. The van der Waals surface area contributed by atoms with Crippen LogP contribution in [0.5, 0.6) is 0 Å². The molecule has 0 saturated carbocycles. The first-order valence-electron chi connectivity index (χ1n) is 5.12. The van der Waals surface area contributed by atoms with Gasteiger partial charge in [-0.3, -0.25) is 4.72 Å². The van der Waals surface area contributed by atoms with Gasteiger partial charge in [0, 0.05) is 0 Å².